The van der Waals surface area contributed by atoms with Crippen LogP contribution in [0.15, 0.2) is 146 Å². The van der Waals surface area contributed by atoms with Crippen LogP contribution in [0.3, 0.4) is 0 Å². The number of benzene rings is 3. The highest BCUT2D eigenvalue weighted by Crippen LogP contribution is 2.47. The van der Waals surface area contributed by atoms with Gasteiger partial charge in [-0.1, -0.05) is 103 Å². The molecule has 4 bridgehead atoms. The van der Waals surface area contributed by atoms with Gasteiger partial charge < -0.3 is 19.6 Å². The SMILES string of the molecule is C=C1Cc2c(nnn2Cc2ccccc2)-c2c(n(Cc3ccccc3)n[n+]2C(C)C)CCC2N3CCCCN4c5nccnc5N(/C1=C/C=C\C)C4Cc1ccccc1N2c1nccnc13. The van der Waals surface area contributed by atoms with Crippen molar-refractivity contribution in [3.05, 3.63) is 174 Å². The van der Waals surface area contributed by atoms with Crippen molar-refractivity contribution in [2.45, 2.75) is 90.8 Å². The van der Waals surface area contributed by atoms with E-state index >= 15 is 0 Å². The minimum atomic E-state index is -0.152. The number of hydrogen-bond donors (Lipinski definition) is 0. The number of anilines is 5. The van der Waals surface area contributed by atoms with Crippen molar-refractivity contribution in [3.8, 4) is 11.4 Å². The fourth-order valence-electron chi connectivity index (χ4n) is 10.4. The molecule has 0 radical (unpaired) electrons. The van der Waals surface area contributed by atoms with Crippen molar-refractivity contribution in [2.24, 2.45) is 0 Å². The number of allylic oxidation sites excluding steroid dienone is 4. The molecule has 0 N–H and O–H groups in total. The van der Waals surface area contributed by atoms with E-state index in [1.54, 1.807) is 0 Å². The Morgan fingerprint density at radius 3 is 1.98 bits per heavy atom. The number of aromatic nitrogens is 10. The first-order valence-electron chi connectivity index (χ1n) is 23.3. The van der Waals surface area contributed by atoms with E-state index < -0.39 is 0 Å². The van der Waals surface area contributed by atoms with Crippen LogP contribution < -0.4 is 24.3 Å². The Morgan fingerprint density at radius 2 is 1.32 bits per heavy atom. The summed E-state index contributed by atoms with van der Waals surface area (Å²) in [7, 11) is 0. The minimum absolute atomic E-state index is 0.0233. The molecule has 4 aliphatic heterocycles. The number of para-hydroxylation sites is 1. The Morgan fingerprint density at radius 1 is 0.712 bits per heavy atom. The first-order chi connectivity index (χ1) is 32.5. The van der Waals surface area contributed by atoms with E-state index in [2.05, 4.69) is 158 Å². The summed E-state index contributed by atoms with van der Waals surface area (Å²) < 4.78 is 6.44. The molecule has 66 heavy (non-hydrogen) atoms. The molecular weight excluding hydrogens is 821 g/mol. The van der Waals surface area contributed by atoms with E-state index in [0.717, 1.165) is 101 Å². The number of hydrogen-bond acceptors (Lipinski definition) is 11. The predicted molar refractivity (Wildman–Crippen MR) is 257 cm³/mol. The lowest BCUT2D eigenvalue weighted by Crippen LogP contribution is -2.47. The van der Waals surface area contributed by atoms with Crippen LogP contribution in [-0.4, -0.2) is 70.2 Å². The molecule has 8 heterocycles. The third kappa shape index (κ3) is 7.30. The third-order valence-electron chi connectivity index (χ3n) is 13.3. The lowest BCUT2D eigenvalue weighted by atomic mass is 9.99. The molecule has 7 aromatic rings. The van der Waals surface area contributed by atoms with Gasteiger partial charge in [0.15, 0.2) is 34.7 Å². The van der Waals surface area contributed by atoms with Crippen LogP contribution in [0.4, 0.5) is 29.0 Å². The van der Waals surface area contributed by atoms with Gasteiger partial charge in [0.2, 0.25) is 5.69 Å². The van der Waals surface area contributed by atoms with Crippen molar-refractivity contribution in [1.29, 1.82) is 0 Å². The number of nitrogens with zero attached hydrogens (tertiary/aromatic N) is 14. The summed E-state index contributed by atoms with van der Waals surface area (Å²) in [5.41, 5.74) is 10.4. The molecular formula is C52H55N14+. The van der Waals surface area contributed by atoms with Gasteiger partial charge in [0, 0.05) is 68.5 Å². The van der Waals surface area contributed by atoms with E-state index in [-0.39, 0.29) is 18.4 Å². The molecule has 14 heteroatoms. The molecule has 2 atom stereocenters. The zero-order valence-corrected chi connectivity index (χ0v) is 37.9. The summed E-state index contributed by atoms with van der Waals surface area (Å²) in [6, 6.07) is 30.0. The Labute approximate surface area is 385 Å². The molecule has 4 aliphatic rings. The average Bonchev–Trinajstić information content (AvgIpc) is 4.07. The molecule has 0 saturated carbocycles. The zero-order chi connectivity index (χ0) is 44.7. The molecule has 0 aliphatic carbocycles. The summed E-state index contributed by atoms with van der Waals surface area (Å²) in [4.78, 5) is 30.2. The van der Waals surface area contributed by atoms with E-state index in [4.69, 9.17) is 42.0 Å². The topological polar surface area (TPSA) is 117 Å². The second-order valence-corrected chi connectivity index (χ2v) is 17.8. The Balaban J connectivity index is 1.19. The maximum Gasteiger partial charge on any atom is 0.223 e. The van der Waals surface area contributed by atoms with Crippen molar-refractivity contribution < 1.29 is 4.68 Å². The van der Waals surface area contributed by atoms with Gasteiger partial charge in [-0.15, -0.1) is 14.5 Å². The Bertz CT molecular complexity index is 2950. The fraction of sp³-hybridized carbons (Fsp3) is 0.308. The molecule has 3 aromatic carbocycles. The van der Waals surface area contributed by atoms with Crippen LogP contribution >= 0.6 is 0 Å². The van der Waals surface area contributed by atoms with Gasteiger partial charge in [-0.2, -0.15) is 0 Å². The van der Waals surface area contributed by atoms with Gasteiger partial charge in [0.05, 0.1) is 17.5 Å². The van der Waals surface area contributed by atoms with Crippen molar-refractivity contribution in [1.82, 2.24) is 44.8 Å². The quantitative estimate of drug-likeness (QED) is 0.151. The maximum atomic E-state index is 5.45. The minimum Gasteiger partial charge on any atom is -0.333 e. The van der Waals surface area contributed by atoms with Crippen molar-refractivity contribution in [2.75, 3.05) is 32.7 Å². The van der Waals surface area contributed by atoms with Crippen LogP contribution in [0.2, 0.25) is 0 Å². The molecule has 11 rings (SSSR count). The summed E-state index contributed by atoms with van der Waals surface area (Å²) in [6.45, 7) is 14.2. The van der Waals surface area contributed by atoms with E-state index in [1.807, 2.05) is 24.8 Å². The van der Waals surface area contributed by atoms with E-state index in [9.17, 15) is 0 Å². The van der Waals surface area contributed by atoms with Crippen LogP contribution in [0, 0.1) is 0 Å². The lowest BCUT2D eigenvalue weighted by molar-refractivity contribution is -0.763. The first-order valence-corrected chi connectivity index (χ1v) is 23.3. The summed E-state index contributed by atoms with van der Waals surface area (Å²) in [5.74, 6) is 3.51. The smallest absolute Gasteiger partial charge is 0.223 e. The van der Waals surface area contributed by atoms with Gasteiger partial charge in [0.1, 0.15) is 24.9 Å². The fourth-order valence-corrected chi connectivity index (χ4v) is 10.4. The standard InChI is InChI=1S/C52H55N14/c1-5-6-22-41-37(4)32-44-47(57-58-62(44)34-38-17-9-7-10-18-38)48-43(63(59-66(48)36(2)3)35-39-19-11-8-12-20-39)24-25-45-60-30-15-16-31-61-46(64(41)51-50(61)54-27-28-55-51)33-40-21-13-14-23-42(40)65(45)52-49(60)53-26-29-56-52/h5-14,17-23,26-29,36,45-46H,4,15-16,24-25,30-35H2,1-3H3/q+1/b6-5-,41-22+. The molecule has 0 fully saturated rings. The summed E-state index contributed by atoms with van der Waals surface area (Å²) in [6.07, 6.45) is 18.0. The molecule has 0 saturated heterocycles. The van der Waals surface area contributed by atoms with Crippen molar-refractivity contribution in [3.63, 3.8) is 0 Å². The van der Waals surface area contributed by atoms with Crippen LogP contribution in [0.5, 0.6) is 0 Å². The van der Waals surface area contributed by atoms with Crippen LogP contribution in [0.25, 0.3) is 11.4 Å². The largest absolute Gasteiger partial charge is 0.333 e. The summed E-state index contributed by atoms with van der Waals surface area (Å²) in [5, 5.41) is 15.6. The average molecular weight is 876 g/mol. The van der Waals surface area contributed by atoms with Gasteiger partial charge >= 0.3 is 0 Å². The highest BCUT2D eigenvalue weighted by Gasteiger charge is 2.45. The highest BCUT2D eigenvalue weighted by atomic mass is 15.5. The highest BCUT2D eigenvalue weighted by molar-refractivity contribution is 5.81. The van der Waals surface area contributed by atoms with Gasteiger partial charge in [-0.25, -0.2) is 24.6 Å². The Hall–Kier alpha value is -7.48. The second kappa shape index (κ2) is 17.5. The summed E-state index contributed by atoms with van der Waals surface area (Å²) >= 11 is 0. The first kappa shape index (κ1) is 41.2. The second-order valence-electron chi connectivity index (χ2n) is 17.8. The normalized spacial score (nSPS) is 18.8. The molecule has 2 unspecified atom stereocenters. The molecule has 4 aromatic heterocycles. The van der Waals surface area contributed by atoms with Crippen molar-refractivity contribution >= 4 is 29.0 Å². The van der Waals surface area contributed by atoms with Crippen LogP contribution in [0.1, 0.15) is 74.2 Å². The maximum absolute atomic E-state index is 5.45. The Kier molecular flexibility index (Phi) is 10.9. The van der Waals surface area contributed by atoms with E-state index in [1.165, 1.54) is 11.1 Å². The monoisotopic (exact) mass is 875 g/mol. The molecule has 332 valence electrons. The lowest BCUT2D eigenvalue weighted by Gasteiger charge is -2.37. The molecule has 0 amide bonds. The van der Waals surface area contributed by atoms with Gasteiger partial charge in [-0.05, 0) is 74.4 Å². The number of fused-ring (bicyclic) bond motifs is 8. The third-order valence-corrected chi connectivity index (χ3v) is 13.3. The number of rotatable bonds is 6. The molecule has 14 nitrogen and oxygen atoms in total. The van der Waals surface area contributed by atoms with E-state index in [0.29, 0.717) is 32.4 Å². The predicted octanol–water partition coefficient (Wildman–Crippen LogP) is 8.16. The van der Waals surface area contributed by atoms with Gasteiger partial charge in [0.25, 0.3) is 0 Å². The van der Waals surface area contributed by atoms with Crippen LogP contribution in [-0.2, 0) is 32.4 Å². The molecule has 0 spiro atoms. The zero-order valence-electron chi connectivity index (χ0n) is 37.9. The van der Waals surface area contributed by atoms with Gasteiger partial charge in [-0.3, -0.25) is 0 Å².